The zero-order valence-electron chi connectivity index (χ0n) is 10.1. The van der Waals surface area contributed by atoms with Crippen LogP contribution >= 0.6 is 0 Å². The summed E-state index contributed by atoms with van der Waals surface area (Å²) in [5.41, 5.74) is 0. The number of carboxylic acids is 1. The molecule has 0 bridgehead atoms. The first kappa shape index (κ1) is 12.3. The van der Waals surface area contributed by atoms with E-state index in [1.165, 1.54) is 0 Å². The quantitative estimate of drug-likeness (QED) is 0.658. The Labute approximate surface area is 101 Å². The van der Waals surface area contributed by atoms with Crippen molar-refractivity contribution in [1.82, 2.24) is 15.1 Å². The Kier molecular flexibility index (Phi) is 3.63. The molecule has 1 unspecified atom stereocenters. The summed E-state index contributed by atoms with van der Waals surface area (Å²) >= 11 is 0. The molecule has 1 atom stereocenters. The third kappa shape index (κ3) is 2.95. The van der Waals surface area contributed by atoms with Crippen LogP contribution in [0.1, 0.15) is 12.8 Å². The molecule has 17 heavy (non-hydrogen) atoms. The van der Waals surface area contributed by atoms with Crippen LogP contribution < -0.4 is 5.32 Å². The maximum absolute atomic E-state index is 11.9. The van der Waals surface area contributed by atoms with E-state index in [0.29, 0.717) is 19.1 Å². The summed E-state index contributed by atoms with van der Waals surface area (Å²) in [5.74, 6) is -0.834. The lowest BCUT2D eigenvalue weighted by Gasteiger charge is -2.33. The molecule has 6 heteroatoms. The van der Waals surface area contributed by atoms with Crippen molar-refractivity contribution in [2.75, 3.05) is 33.2 Å². The molecule has 2 aliphatic rings. The molecule has 0 aromatic rings. The number of nitrogens with zero attached hydrogens (tertiary/aromatic N) is 2. The highest BCUT2D eigenvalue weighted by molar-refractivity contribution is 5.80. The maximum atomic E-state index is 11.9. The van der Waals surface area contributed by atoms with Crippen LogP contribution in [-0.4, -0.2) is 72.1 Å². The van der Waals surface area contributed by atoms with E-state index in [9.17, 15) is 9.59 Å². The Hall–Kier alpha value is -1.14. The average molecular weight is 241 g/mol. The number of piperazine rings is 1. The van der Waals surface area contributed by atoms with Gasteiger partial charge in [0, 0.05) is 32.7 Å². The van der Waals surface area contributed by atoms with Gasteiger partial charge in [-0.2, -0.15) is 0 Å². The van der Waals surface area contributed by atoms with Gasteiger partial charge >= 0.3 is 5.97 Å². The number of aliphatic carboxylic acids is 1. The van der Waals surface area contributed by atoms with E-state index in [2.05, 4.69) is 5.32 Å². The van der Waals surface area contributed by atoms with Crippen molar-refractivity contribution in [1.29, 1.82) is 0 Å². The highest BCUT2D eigenvalue weighted by atomic mass is 16.4. The van der Waals surface area contributed by atoms with Crippen molar-refractivity contribution in [2.24, 2.45) is 0 Å². The number of carbonyl (C=O) groups is 2. The lowest BCUT2D eigenvalue weighted by atomic mass is 10.2. The van der Waals surface area contributed by atoms with E-state index in [4.69, 9.17) is 5.11 Å². The minimum absolute atomic E-state index is 0.0284. The molecule has 1 amide bonds. The minimum Gasteiger partial charge on any atom is -0.480 e. The molecule has 1 saturated carbocycles. The van der Waals surface area contributed by atoms with Gasteiger partial charge in [0.05, 0.1) is 6.54 Å². The van der Waals surface area contributed by atoms with Gasteiger partial charge in [-0.15, -0.1) is 0 Å². The molecule has 0 aromatic carbocycles. The van der Waals surface area contributed by atoms with Crippen molar-refractivity contribution < 1.29 is 14.7 Å². The number of hydrogen-bond donors (Lipinski definition) is 2. The van der Waals surface area contributed by atoms with Crippen LogP contribution in [0.5, 0.6) is 0 Å². The van der Waals surface area contributed by atoms with E-state index < -0.39 is 12.0 Å². The molecule has 1 heterocycles. The first-order valence-electron chi connectivity index (χ1n) is 6.03. The third-order valence-electron chi connectivity index (χ3n) is 3.47. The van der Waals surface area contributed by atoms with Crippen LogP contribution in [0.15, 0.2) is 0 Å². The number of hydrogen-bond acceptors (Lipinski definition) is 4. The minimum atomic E-state index is -0.862. The summed E-state index contributed by atoms with van der Waals surface area (Å²) in [5, 5.41) is 12.1. The van der Waals surface area contributed by atoms with Gasteiger partial charge in [-0.3, -0.25) is 14.5 Å². The summed E-state index contributed by atoms with van der Waals surface area (Å²) in [6, 6.07) is -0.200. The molecular weight excluding hydrogens is 222 g/mol. The van der Waals surface area contributed by atoms with Gasteiger partial charge < -0.3 is 15.3 Å². The van der Waals surface area contributed by atoms with Crippen LogP contribution in [0.4, 0.5) is 0 Å². The lowest BCUT2D eigenvalue weighted by Crippen LogP contribution is -2.57. The molecule has 0 spiro atoms. The monoisotopic (exact) mass is 241 g/mol. The van der Waals surface area contributed by atoms with Crippen LogP contribution in [0, 0.1) is 0 Å². The Balaban J connectivity index is 1.90. The van der Waals surface area contributed by atoms with Gasteiger partial charge in [0.15, 0.2) is 0 Å². The van der Waals surface area contributed by atoms with Crippen LogP contribution in [0.2, 0.25) is 0 Å². The maximum Gasteiger partial charge on any atom is 0.322 e. The molecule has 2 fully saturated rings. The highest BCUT2D eigenvalue weighted by Gasteiger charge is 2.34. The van der Waals surface area contributed by atoms with Crippen LogP contribution in [-0.2, 0) is 9.59 Å². The molecule has 1 saturated heterocycles. The molecule has 6 nitrogen and oxygen atoms in total. The summed E-state index contributed by atoms with van der Waals surface area (Å²) < 4.78 is 0. The largest absolute Gasteiger partial charge is 0.480 e. The Bertz CT molecular complexity index is 317. The summed E-state index contributed by atoms with van der Waals surface area (Å²) in [6.45, 7) is 1.98. The van der Waals surface area contributed by atoms with E-state index in [-0.39, 0.29) is 12.5 Å². The number of likely N-dealkylation sites (N-methyl/N-ethyl adjacent to an activating group) is 1. The van der Waals surface area contributed by atoms with Crippen molar-refractivity contribution in [2.45, 2.75) is 24.9 Å². The van der Waals surface area contributed by atoms with Crippen molar-refractivity contribution in [3.8, 4) is 0 Å². The van der Waals surface area contributed by atoms with Gasteiger partial charge in [0.1, 0.15) is 6.04 Å². The number of rotatable bonds is 4. The van der Waals surface area contributed by atoms with E-state index >= 15 is 0 Å². The fraction of sp³-hybridized carbons (Fsp3) is 0.818. The fourth-order valence-electron chi connectivity index (χ4n) is 2.13. The molecule has 2 N–H and O–H groups in total. The van der Waals surface area contributed by atoms with Gasteiger partial charge in [-0.1, -0.05) is 0 Å². The highest BCUT2D eigenvalue weighted by Crippen LogP contribution is 2.25. The van der Waals surface area contributed by atoms with Crippen molar-refractivity contribution >= 4 is 11.9 Å². The topological polar surface area (TPSA) is 72.9 Å². The Morgan fingerprint density at radius 1 is 1.47 bits per heavy atom. The third-order valence-corrected chi connectivity index (χ3v) is 3.47. The van der Waals surface area contributed by atoms with E-state index in [0.717, 1.165) is 19.4 Å². The first-order chi connectivity index (χ1) is 8.09. The van der Waals surface area contributed by atoms with E-state index in [1.54, 1.807) is 16.8 Å². The Morgan fingerprint density at radius 2 is 2.18 bits per heavy atom. The number of carbonyl (C=O) groups excluding carboxylic acids is 1. The predicted octanol–water partition coefficient (Wildman–Crippen LogP) is -1.03. The van der Waals surface area contributed by atoms with Crippen molar-refractivity contribution in [3.63, 3.8) is 0 Å². The molecule has 96 valence electrons. The number of nitrogens with one attached hydrogen (secondary N) is 1. The fourth-order valence-corrected chi connectivity index (χ4v) is 2.13. The first-order valence-corrected chi connectivity index (χ1v) is 6.03. The molecule has 0 aromatic heterocycles. The zero-order valence-corrected chi connectivity index (χ0v) is 10.1. The standard InChI is InChI=1S/C11H19N3O3/c1-13(8-2-3-8)10(15)7-14-5-4-12-6-9(14)11(16)17/h8-9,12H,2-7H2,1H3,(H,16,17). The van der Waals surface area contributed by atoms with Gasteiger partial charge in [-0.25, -0.2) is 0 Å². The lowest BCUT2D eigenvalue weighted by molar-refractivity contribution is -0.145. The van der Waals surface area contributed by atoms with Crippen LogP contribution in [0.3, 0.4) is 0 Å². The molecular formula is C11H19N3O3. The second-order valence-electron chi connectivity index (χ2n) is 4.76. The molecule has 2 rings (SSSR count). The second-order valence-corrected chi connectivity index (χ2v) is 4.76. The summed E-state index contributed by atoms with van der Waals surface area (Å²) in [4.78, 5) is 26.5. The Morgan fingerprint density at radius 3 is 2.76 bits per heavy atom. The van der Waals surface area contributed by atoms with E-state index in [1.807, 2.05) is 0 Å². The molecule has 1 aliphatic heterocycles. The van der Waals surface area contributed by atoms with Crippen LogP contribution in [0.25, 0.3) is 0 Å². The van der Waals surface area contributed by atoms with Gasteiger partial charge in [0.2, 0.25) is 5.91 Å². The zero-order chi connectivity index (χ0) is 12.4. The molecule has 0 radical (unpaired) electrons. The summed E-state index contributed by atoms with van der Waals surface area (Å²) in [6.07, 6.45) is 2.15. The second kappa shape index (κ2) is 5.01. The number of amides is 1. The predicted molar refractivity (Wildman–Crippen MR) is 61.7 cm³/mol. The normalized spacial score (nSPS) is 25.6. The van der Waals surface area contributed by atoms with Gasteiger partial charge in [0.25, 0.3) is 0 Å². The summed E-state index contributed by atoms with van der Waals surface area (Å²) in [7, 11) is 1.80. The molecule has 1 aliphatic carbocycles. The van der Waals surface area contributed by atoms with Crippen molar-refractivity contribution in [3.05, 3.63) is 0 Å². The SMILES string of the molecule is CN(C(=O)CN1CCNCC1C(=O)O)C1CC1. The average Bonchev–Trinajstić information content (AvgIpc) is 3.12. The smallest absolute Gasteiger partial charge is 0.322 e. The number of carboxylic acid groups (broad SMARTS) is 1. The van der Waals surface area contributed by atoms with Gasteiger partial charge in [-0.05, 0) is 12.8 Å².